The van der Waals surface area contributed by atoms with E-state index in [0.29, 0.717) is 31.1 Å². The van der Waals surface area contributed by atoms with Crippen LogP contribution in [0.5, 0.6) is 5.75 Å². The smallest absolute Gasteiger partial charge is 0.240 e. The van der Waals surface area contributed by atoms with E-state index >= 15 is 0 Å². The fraction of sp³-hybridized carbons (Fsp3) is 0.350. The summed E-state index contributed by atoms with van der Waals surface area (Å²) in [7, 11) is 0.197. The van der Waals surface area contributed by atoms with E-state index in [-0.39, 0.29) is 12.5 Å². The number of carbonyl (C=O) groups excluding carboxylic acids is 1. The first kappa shape index (κ1) is 21.7. The molecule has 0 radical (unpaired) electrons. The summed E-state index contributed by atoms with van der Waals surface area (Å²) in [4.78, 5) is 14.1. The summed E-state index contributed by atoms with van der Waals surface area (Å²) in [6.07, 6.45) is 1.08. The van der Waals surface area contributed by atoms with Crippen molar-refractivity contribution in [1.29, 1.82) is 0 Å². The molecule has 1 amide bonds. The summed E-state index contributed by atoms with van der Waals surface area (Å²) in [5.74, 6) is 0.271. The zero-order chi connectivity index (χ0) is 20.6. The van der Waals surface area contributed by atoms with Gasteiger partial charge in [-0.1, -0.05) is 30.3 Å². The summed E-state index contributed by atoms with van der Waals surface area (Å²) in [5, 5.41) is 2.72. The van der Waals surface area contributed by atoms with Crippen molar-refractivity contribution in [2.75, 3.05) is 44.3 Å². The van der Waals surface area contributed by atoms with Crippen molar-refractivity contribution < 1.29 is 17.9 Å². The van der Waals surface area contributed by atoms with Gasteiger partial charge in [-0.15, -0.1) is 0 Å². The third-order valence-electron chi connectivity index (χ3n) is 3.94. The van der Waals surface area contributed by atoms with Gasteiger partial charge in [0.2, 0.25) is 15.9 Å². The predicted molar refractivity (Wildman–Crippen MR) is 111 cm³/mol. The first-order chi connectivity index (χ1) is 13.3. The van der Waals surface area contributed by atoms with Crippen molar-refractivity contribution in [2.45, 2.75) is 6.61 Å². The molecule has 2 rings (SSSR count). The second-order valence-electron chi connectivity index (χ2n) is 6.69. The molecule has 0 bridgehead atoms. The molecule has 0 atom stereocenters. The van der Waals surface area contributed by atoms with E-state index in [2.05, 4.69) is 5.32 Å². The zero-order valence-electron chi connectivity index (χ0n) is 16.5. The fourth-order valence-corrected chi connectivity index (χ4v) is 3.31. The van der Waals surface area contributed by atoms with Gasteiger partial charge < -0.3 is 15.0 Å². The van der Waals surface area contributed by atoms with E-state index < -0.39 is 10.0 Å². The highest BCUT2D eigenvalue weighted by Gasteiger charge is 2.20. The van der Waals surface area contributed by atoms with Gasteiger partial charge in [0.1, 0.15) is 18.9 Å². The van der Waals surface area contributed by atoms with Crippen molar-refractivity contribution in [3.05, 3.63) is 60.2 Å². The molecule has 0 aliphatic carbocycles. The largest absolute Gasteiger partial charge is 0.489 e. The van der Waals surface area contributed by atoms with Crippen LogP contribution in [0.3, 0.4) is 0 Å². The molecular weight excluding hydrogens is 378 g/mol. The third-order valence-corrected chi connectivity index (χ3v) is 5.08. The lowest BCUT2D eigenvalue weighted by atomic mass is 10.2. The molecule has 0 saturated heterocycles. The van der Waals surface area contributed by atoms with E-state index in [1.165, 1.54) is 0 Å². The zero-order valence-corrected chi connectivity index (χ0v) is 17.3. The highest BCUT2D eigenvalue weighted by molar-refractivity contribution is 7.92. The van der Waals surface area contributed by atoms with Crippen molar-refractivity contribution in [3.63, 3.8) is 0 Å². The lowest BCUT2D eigenvalue weighted by Gasteiger charge is -2.22. The summed E-state index contributed by atoms with van der Waals surface area (Å²) >= 11 is 0. The Morgan fingerprint density at radius 2 is 1.68 bits per heavy atom. The van der Waals surface area contributed by atoms with E-state index in [9.17, 15) is 13.2 Å². The van der Waals surface area contributed by atoms with Gasteiger partial charge in [0.25, 0.3) is 0 Å². The van der Waals surface area contributed by atoms with Crippen LogP contribution in [-0.2, 0) is 21.4 Å². The molecule has 28 heavy (non-hydrogen) atoms. The van der Waals surface area contributed by atoms with Gasteiger partial charge in [0.15, 0.2) is 0 Å². The molecule has 0 aromatic heterocycles. The Morgan fingerprint density at radius 3 is 2.25 bits per heavy atom. The molecule has 0 unspecified atom stereocenters. The average molecular weight is 406 g/mol. The van der Waals surface area contributed by atoms with Gasteiger partial charge in [-0.25, -0.2) is 8.42 Å². The number of sulfonamides is 1. The van der Waals surface area contributed by atoms with Crippen molar-refractivity contribution in [3.8, 4) is 5.75 Å². The van der Waals surface area contributed by atoms with Gasteiger partial charge in [0.05, 0.1) is 11.9 Å². The SMILES string of the molecule is CN(C)CCNC(=O)CN(c1ccc(OCc2ccccc2)cc1)S(C)(=O)=O. The van der Waals surface area contributed by atoms with Crippen molar-refractivity contribution in [2.24, 2.45) is 0 Å². The van der Waals surface area contributed by atoms with E-state index in [1.807, 2.05) is 49.3 Å². The van der Waals surface area contributed by atoms with Crippen LogP contribution in [-0.4, -0.2) is 59.2 Å². The third kappa shape index (κ3) is 7.21. The molecule has 0 aliphatic rings. The minimum Gasteiger partial charge on any atom is -0.489 e. The van der Waals surface area contributed by atoms with Gasteiger partial charge in [-0.2, -0.15) is 0 Å². The maximum absolute atomic E-state index is 12.2. The minimum absolute atomic E-state index is 0.267. The first-order valence-corrected chi connectivity index (χ1v) is 10.8. The minimum atomic E-state index is -3.60. The highest BCUT2D eigenvalue weighted by atomic mass is 32.2. The Labute approximate surface area is 167 Å². The standard InChI is InChI=1S/C20H27N3O4S/c1-22(2)14-13-21-20(24)15-23(28(3,25)26)18-9-11-19(12-10-18)27-16-17-7-5-4-6-8-17/h4-12H,13-16H2,1-3H3,(H,21,24). The monoisotopic (exact) mass is 405 g/mol. The number of benzene rings is 2. The number of nitrogens with one attached hydrogen (secondary N) is 1. The molecule has 7 nitrogen and oxygen atoms in total. The lowest BCUT2D eigenvalue weighted by Crippen LogP contribution is -2.42. The maximum atomic E-state index is 12.2. The summed E-state index contributed by atoms with van der Waals surface area (Å²) in [6.45, 7) is 1.29. The van der Waals surface area contributed by atoms with Gasteiger partial charge in [-0.3, -0.25) is 9.10 Å². The molecule has 0 heterocycles. The van der Waals surface area contributed by atoms with Crippen LogP contribution in [0.15, 0.2) is 54.6 Å². The Balaban J connectivity index is 2.00. The molecule has 1 N–H and O–H groups in total. The first-order valence-electron chi connectivity index (χ1n) is 8.91. The Morgan fingerprint density at radius 1 is 1.04 bits per heavy atom. The summed E-state index contributed by atoms with van der Waals surface area (Å²) in [5.41, 5.74) is 1.45. The van der Waals surface area contributed by atoms with Crippen LogP contribution in [0.1, 0.15) is 5.56 Å². The summed E-state index contributed by atoms with van der Waals surface area (Å²) in [6, 6.07) is 16.4. The van der Waals surface area contributed by atoms with Crippen molar-refractivity contribution in [1.82, 2.24) is 10.2 Å². The van der Waals surface area contributed by atoms with Crippen LogP contribution in [0, 0.1) is 0 Å². The number of hydrogen-bond donors (Lipinski definition) is 1. The predicted octanol–water partition coefficient (Wildman–Crippen LogP) is 1.71. The van der Waals surface area contributed by atoms with Gasteiger partial charge in [-0.05, 0) is 43.9 Å². The average Bonchev–Trinajstić information content (AvgIpc) is 2.65. The Hall–Kier alpha value is -2.58. The molecule has 2 aromatic carbocycles. The van der Waals surface area contributed by atoms with Crippen LogP contribution < -0.4 is 14.4 Å². The van der Waals surface area contributed by atoms with Crippen LogP contribution >= 0.6 is 0 Å². The van der Waals surface area contributed by atoms with E-state index in [0.717, 1.165) is 16.1 Å². The number of likely N-dealkylation sites (N-methyl/N-ethyl adjacent to an activating group) is 1. The quantitative estimate of drug-likeness (QED) is 0.651. The van der Waals surface area contributed by atoms with Gasteiger partial charge in [0, 0.05) is 13.1 Å². The second-order valence-corrected chi connectivity index (χ2v) is 8.60. The highest BCUT2D eigenvalue weighted by Crippen LogP contribution is 2.22. The molecule has 0 aliphatic heterocycles. The fourth-order valence-electron chi connectivity index (χ4n) is 2.45. The number of anilines is 1. The number of hydrogen-bond acceptors (Lipinski definition) is 5. The molecular formula is C20H27N3O4S. The maximum Gasteiger partial charge on any atom is 0.240 e. The summed E-state index contributed by atoms with van der Waals surface area (Å²) < 4.78 is 31.1. The number of carbonyl (C=O) groups is 1. The van der Waals surface area contributed by atoms with E-state index in [4.69, 9.17) is 4.74 Å². The molecule has 2 aromatic rings. The molecule has 0 saturated carbocycles. The number of rotatable bonds is 10. The Bertz CT molecular complexity index is 853. The van der Waals surface area contributed by atoms with Crippen LogP contribution in [0.2, 0.25) is 0 Å². The Kier molecular flexibility index (Phi) is 7.83. The number of nitrogens with zero attached hydrogens (tertiary/aromatic N) is 2. The van der Waals surface area contributed by atoms with Crippen LogP contribution in [0.4, 0.5) is 5.69 Å². The molecule has 0 spiro atoms. The molecule has 152 valence electrons. The molecule has 0 fully saturated rings. The number of amides is 1. The van der Waals surface area contributed by atoms with Crippen molar-refractivity contribution >= 4 is 21.6 Å². The lowest BCUT2D eigenvalue weighted by molar-refractivity contribution is -0.119. The van der Waals surface area contributed by atoms with Gasteiger partial charge >= 0.3 is 0 Å². The molecule has 8 heteroatoms. The number of ether oxygens (including phenoxy) is 1. The normalized spacial score (nSPS) is 11.3. The topological polar surface area (TPSA) is 79.0 Å². The second kappa shape index (κ2) is 10.1. The van der Waals surface area contributed by atoms with E-state index in [1.54, 1.807) is 24.3 Å². The van der Waals surface area contributed by atoms with Crippen LogP contribution in [0.25, 0.3) is 0 Å².